The smallest absolute Gasteiger partial charge is 0.352 e. The van der Waals surface area contributed by atoms with Crippen molar-refractivity contribution in [2.75, 3.05) is 25.0 Å². The van der Waals surface area contributed by atoms with Gasteiger partial charge in [-0.1, -0.05) is 0 Å². The van der Waals surface area contributed by atoms with E-state index >= 15 is 0 Å². The molecule has 1 unspecified atom stereocenters. The molecule has 7 nitrogen and oxygen atoms in total. The SMILES string of the molecule is CNCCC1CCCCN1c1ccc2n[nH]c(=O)n2n1. The van der Waals surface area contributed by atoms with Gasteiger partial charge in [-0.05, 0) is 51.4 Å². The Morgan fingerprint density at radius 2 is 2.35 bits per heavy atom. The van der Waals surface area contributed by atoms with Crippen LogP contribution in [0, 0.1) is 0 Å². The Balaban J connectivity index is 1.90. The van der Waals surface area contributed by atoms with Crippen molar-refractivity contribution >= 4 is 11.5 Å². The molecule has 0 spiro atoms. The van der Waals surface area contributed by atoms with Crippen molar-refractivity contribution in [3.8, 4) is 0 Å². The van der Waals surface area contributed by atoms with Gasteiger partial charge in [-0.3, -0.25) is 0 Å². The Kier molecular flexibility index (Phi) is 3.68. The minimum Gasteiger partial charge on any atom is -0.352 e. The molecule has 2 N–H and O–H groups in total. The monoisotopic (exact) mass is 276 g/mol. The molecule has 1 aliphatic heterocycles. The average Bonchev–Trinajstić information content (AvgIpc) is 2.86. The second-order valence-corrected chi connectivity index (χ2v) is 5.23. The quantitative estimate of drug-likeness (QED) is 0.844. The number of aromatic nitrogens is 4. The summed E-state index contributed by atoms with van der Waals surface area (Å²) in [6.45, 7) is 1.99. The van der Waals surface area contributed by atoms with Gasteiger partial charge in [0.25, 0.3) is 0 Å². The molecule has 0 saturated carbocycles. The van der Waals surface area contributed by atoms with Gasteiger partial charge >= 0.3 is 5.69 Å². The van der Waals surface area contributed by atoms with Crippen molar-refractivity contribution < 1.29 is 0 Å². The maximum atomic E-state index is 11.6. The summed E-state index contributed by atoms with van der Waals surface area (Å²) in [5.41, 5.74) is 0.271. The summed E-state index contributed by atoms with van der Waals surface area (Å²) in [5.74, 6) is 0.863. The first-order chi connectivity index (χ1) is 9.79. The minimum absolute atomic E-state index is 0.286. The molecule has 3 rings (SSSR count). The highest BCUT2D eigenvalue weighted by atomic mass is 16.2. The maximum absolute atomic E-state index is 11.6. The number of H-pyrrole nitrogens is 1. The van der Waals surface area contributed by atoms with Crippen LogP contribution in [0.15, 0.2) is 16.9 Å². The molecule has 0 bridgehead atoms. The van der Waals surface area contributed by atoms with Gasteiger partial charge in [-0.25, -0.2) is 9.89 Å². The molecule has 3 heterocycles. The zero-order valence-corrected chi connectivity index (χ0v) is 11.7. The van der Waals surface area contributed by atoms with E-state index in [0.717, 1.165) is 25.3 Å². The van der Waals surface area contributed by atoms with E-state index in [4.69, 9.17) is 0 Å². The first-order valence-corrected chi connectivity index (χ1v) is 7.15. The number of nitrogens with one attached hydrogen (secondary N) is 2. The lowest BCUT2D eigenvalue weighted by molar-refractivity contribution is 0.429. The standard InChI is InChI=1S/C13H20N6O/c1-14-8-7-10-4-2-3-9-18(10)12-6-5-11-15-16-13(20)19(11)17-12/h5-6,10,14H,2-4,7-9H2,1H3,(H,16,20). The second-order valence-electron chi connectivity index (χ2n) is 5.23. The van der Waals surface area contributed by atoms with Gasteiger partial charge in [0, 0.05) is 12.6 Å². The van der Waals surface area contributed by atoms with Gasteiger partial charge in [-0.2, -0.15) is 9.61 Å². The zero-order valence-electron chi connectivity index (χ0n) is 11.7. The Hall–Kier alpha value is -1.89. The van der Waals surface area contributed by atoms with Gasteiger partial charge in [0.15, 0.2) is 5.65 Å². The molecule has 1 aliphatic rings. The van der Waals surface area contributed by atoms with Crippen molar-refractivity contribution in [2.24, 2.45) is 0 Å². The molecule has 2 aromatic rings. The summed E-state index contributed by atoms with van der Waals surface area (Å²) in [6, 6.07) is 4.28. The topological polar surface area (TPSA) is 78.3 Å². The van der Waals surface area contributed by atoms with Crippen LogP contribution in [0.3, 0.4) is 0 Å². The highest BCUT2D eigenvalue weighted by molar-refractivity contribution is 5.46. The first kappa shape index (κ1) is 13.1. The first-order valence-electron chi connectivity index (χ1n) is 7.15. The van der Waals surface area contributed by atoms with E-state index in [1.54, 1.807) is 0 Å². The van der Waals surface area contributed by atoms with Crippen LogP contribution in [0.2, 0.25) is 0 Å². The van der Waals surface area contributed by atoms with Gasteiger partial charge < -0.3 is 10.2 Å². The van der Waals surface area contributed by atoms with Gasteiger partial charge in [0.2, 0.25) is 0 Å². The van der Waals surface area contributed by atoms with Gasteiger partial charge in [0.05, 0.1) is 0 Å². The van der Waals surface area contributed by atoms with Crippen LogP contribution < -0.4 is 15.9 Å². The van der Waals surface area contributed by atoms with E-state index in [9.17, 15) is 4.79 Å². The fraction of sp³-hybridized carbons (Fsp3) is 0.615. The van der Waals surface area contributed by atoms with Crippen molar-refractivity contribution in [3.63, 3.8) is 0 Å². The van der Waals surface area contributed by atoms with Crippen LogP contribution in [0.25, 0.3) is 5.65 Å². The second kappa shape index (κ2) is 5.62. The number of hydrogen-bond donors (Lipinski definition) is 2. The molecule has 20 heavy (non-hydrogen) atoms. The van der Waals surface area contributed by atoms with E-state index in [0.29, 0.717) is 11.7 Å². The number of hydrogen-bond acceptors (Lipinski definition) is 5. The van der Waals surface area contributed by atoms with Gasteiger partial charge in [-0.15, -0.1) is 5.10 Å². The molecule has 0 radical (unpaired) electrons. The lowest BCUT2D eigenvalue weighted by atomic mass is 9.99. The maximum Gasteiger partial charge on any atom is 0.364 e. The Morgan fingerprint density at radius 3 is 3.20 bits per heavy atom. The van der Waals surface area contributed by atoms with Crippen molar-refractivity contribution in [3.05, 3.63) is 22.6 Å². The van der Waals surface area contributed by atoms with Crippen LogP contribution in [0.4, 0.5) is 5.82 Å². The molecule has 1 atom stereocenters. The molecular formula is C13H20N6O. The largest absolute Gasteiger partial charge is 0.364 e. The number of fused-ring (bicyclic) bond motifs is 1. The summed E-state index contributed by atoms with van der Waals surface area (Å²) in [5, 5.41) is 14.0. The fourth-order valence-electron chi connectivity index (χ4n) is 2.86. The molecule has 108 valence electrons. The van der Waals surface area contributed by atoms with Crippen LogP contribution in [0.1, 0.15) is 25.7 Å². The van der Waals surface area contributed by atoms with E-state index in [1.807, 2.05) is 19.2 Å². The van der Waals surface area contributed by atoms with Crippen molar-refractivity contribution in [1.82, 2.24) is 25.1 Å². The van der Waals surface area contributed by atoms with Crippen LogP contribution in [-0.4, -0.2) is 46.0 Å². The molecule has 7 heteroatoms. The molecule has 1 saturated heterocycles. The Labute approximate surface area is 117 Å². The predicted molar refractivity (Wildman–Crippen MR) is 77.1 cm³/mol. The van der Waals surface area contributed by atoms with E-state index in [-0.39, 0.29) is 5.69 Å². The van der Waals surface area contributed by atoms with Gasteiger partial charge in [0.1, 0.15) is 5.82 Å². The molecule has 0 aromatic carbocycles. The molecule has 0 amide bonds. The fourth-order valence-corrected chi connectivity index (χ4v) is 2.86. The average molecular weight is 276 g/mol. The normalized spacial score (nSPS) is 19.6. The lowest BCUT2D eigenvalue weighted by Gasteiger charge is -2.36. The third kappa shape index (κ3) is 2.40. The third-order valence-electron chi connectivity index (χ3n) is 3.91. The third-order valence-corrected chi connectivity index (χ3v) is 3.91. The molecule has 0 aliphatic carbocycles. The van der Waals surface area contributed by atoms with Crippen LogP contribution >= 0.6 is 0 Å². The number of anilines is 1. The Bertz CT molecular complexity index is 633. The summed E-state index contributed by atoms with van der Waals surface area (Å²) < 4.78 is 1.33. The summed E-state index contributed by atoms with van der Waals surface area (Å²) >= 11 is 0. The van der Waals surface area contributed by atoms with E-state index in [2.05, 4.69) is 25.5 Å². The van der Waals surface area contributed by atoms with Crippen molar-refractivity contribution in [1.29, 1.82) is 0 Å². The van der Waals surface area contributed by atoms with Crippen molar-refractivity contribution in [2.45, 2.75) is 31.7 Å². The van der Waals surface area contributed by atoms with Crippen LogP contribution in [-0.2, 0) is 0 Å². The molecule has 1 fully saturated rings. The number of rotatable bonds is 4. The number of nitrogens with zero attached hydrogens (tertiary/aromatic N) is 4. The summed E-state index contributed by atoms with van der Waals surface area (Å²) in [4.78, 5) is 13.9. The predicted octanol–water partition coefficient (Wildman–Crippen LogP) is 0.386. The molecular weight excluding hydrogens is 256 g/mol. The zero-order chi connectivity index (χ0) is 13.9. The Morgan fingerprint density at radius 1 is 1.45 bits per heavy atom. The van der Waals surface area contributed by atoms with E-state index in [1.165, 1.54) is 23.8 Å². The summed E-state index contributed by atoms with van der Waals surface area (Å²) in [7, 11) is 1.97. The summed E-state index contributed by atoms with van der Waals surface area (Å²) in [6.07, 6.45) is 4.72. The van der Waals surface area contributed by atoms with Crippen LogP contribution in [0.5, 0.6) is 0 Å². The highest BCUT2D eigenvalue weighted by Crippen LogP contribution is 2.24. The van der Waals surface area contributed by atoms with E-state index < -0.39 is 0 Å². The highest BCUT2D eigenvalue weighted by Gasteiger charge is 2.23. The number of aromatic amines is 1. The lowest BCUT2D eigenvalue weighted by Crippen LogP contribution is -2.41. The minimum atomic E-state index is -0.286. The molecule has 2 aromatic heterocycles. The number of piperidine rings is 1.